The zero-order chi connectivity index (χ0) is 14.0. The number of esters is 1. The van der Waals surface area contributed by atoms with Crippen molar-refractivity contribution in [2.45, 2.75) is 52.4 Å². The van der Waals surface area contributed by atoms with Gasteiger partial charge in [-0.25, -0.2) is 0 Å². The molecule has 0 spiro atoms. The van der Waals surface area contributed by atoms with Gasteiger partial charge in [-0.2, -0.15) is 0 Å². The van der Waals surface area contributed by atoms with Crippen molar-refractivity contribution in [2.75, 3.05) is 6.61 Å². The fourth-order valence-corrected chi connectivity index (χ4v) is 3.90. The molecule has 0 heterocycles. The maximum atomic E-state index is 10.9. The SMILES string of the molecule is C=C(COC(C)=O)[C@H]1CC[C@]2(C)CCCC(=C)[C@H]2C1. The molecule has 2 fully saturated rings. The predicted octanol–water partition coefficient (Wildman–Crippen LogP) is 4.27. The maximum Gasteiger partial charge on any atom is 0.302 e. The van der Waals surface area contributed by atoms with Crippen molar-refractivity contribution in [2.24, 2.45) is 17.3 Å². The van der Waals surface area contributed by atoms with Crippen LogP contribution in [0.5, 0.6) is 0 Å². The van der Waals surface area contributed by atoms with E-state index in [0.717, 1.165) is 12.0 Å². The number of carbonyl (C=O) groups excluding carboxylic acids is 1. The van der Waals surface area contributed by atoms with Crippen molar-refractivity contribution in [1.82, 2.24) is 0 Å². The van der Waals surface area contributed by atoms with Crippen LogP contribution in [-0.2, 0) is 9.53 Å². The largest absolute Gasteiger partial charge is 0.461 e. The maximum absolute atomic E-state index is 10.9. The van der Waals surface area contributed by atoms with Crippen LogP contribution in [-0.4, -0.2) is 12.6 Å². The minimum absolute atomic E-state index is 0.219. The molecule has 2 nitrogen and oxygen atoms in total. The van der Waals surface area contributed by atoms with E-state index in [2.05, 4.69) is 20.1 Å². The van der Waals surface area contributed by atoms with Crippen LogP contribution in [0.1, 0.15) is 52.4 Å². The molecule has 2 heteroatoms. The van der Waals surface area contributed by atoms with Crippen LogP contribution in [0, 0.1) is 17.3 Å². The molecule has 0 bridgehead atoms. The molecule has 0 unspecified atom stereocenters. The van der Waals surface area contributed by atoms with E-state index in [9.17, 15) is 4.79 Å². The molecule has 0 aliphatic heterocycles. The molecule has 2 saturated carbocycles. The van der Waals surface area contributed by atoms with E-state index in [1.165, 1.54) is 44.6 Å². The van der Waals surface area contributed by atoms with Gasteiger partial charge in [-0.15, -0.1) is 0 Å². The fraction of sp³-hybridized carbons (Fsp3) is 0.706. The zero-order valence-corrected chi connectivity index (χ0v) is 12.3. The Morgan fingerprint density at radius 1 is 1.47 bits per heavy atom. The number of hydrogen-bond donors (Lipinski definition) is 0. The first-order valence-electron chi connectivity index (χ1n) is 7.41. The lowest BCUT2D eigenvalue weighted by Crippen LogP contribution is -2.38. The lowest BCUT2D eigenvalue weighted by molar-refractivity contribution is -0.140. The lowest BCUT2D eigenvalue weighted by atomic mass is 9.56. The molecule has 2 rings (SSSR count). The van der Waals surface area contributed by atoms with Crippen molar-refractivity contribution >= 4 is 5.97 Å². The Labute approximate surface area is 116 Å². The first kappa shape index (κ1) is 14.4. The number of carbonyl (C=O) groups is 1. The Balaban J connectivity index is 1.98. The summed E-state index contributed by atoms with van der Waals surface area (Å²) in [7, 11) is 0. The second-order valence-electron chi connectivity index (χ2n) is 6.63. The third-order valence-corrected chi connectivity index (χ3v) is 5.20. The lowest BCUT2D eigenvalue weighted by Gasteiger charge is -2.49. The van der Waals surface area contributed by atoms with Crippen molar-refractivity contribution in [3.63, 3.8) is 0 Å². The van der Waals surface area contributed by atoms with Gasteiger partial charge in [0.15, 0.2) is 0 Å². The van der Waals surface area contributed by atoms with Crippen molar-refractivity contribution in [3.05, 3.63) is 24.3 Å². The van der Waals surface area contributed by atoms with Gasteiger partial charge < -0.3 is 4.74 Å². The Bertz CT molecular complexity index is 396. The van der Waals surface area contributed by atoms with Gasteiger partial charge in [0.25, 0.3) is 0 Å². The van der Waals surface area contributed by atoms with Crippen molar-refractivity contribution in [3.8, 4) is 0 Å². The fourth-order valence-electron chi connectivity index (χ4n) is 3.90. The van der Waals surface area contributed by atoms with Gasteiger partial charge in [0.2, 0.25) is 0 Å². The molecule has 19 heavy (non-hydrogen) atoms. The van der Waals surface area contributed by atoms with Crippen molar-refractivity contribution in [1.29, 1.82) is 0 Å². The molecule has 0 amide bonds. The summed E-state index contributed by atoms with van der Waals surface area (Å²) in [5, 5.41) is 0. The van der Waals surface area contributed by atoms with Crippen molar-refractivity contribution < 1.29 is 9.53 Å². The summed E-state index contributed by atoms with van der Waals surface area (Å²) in [6.45, 7) is 12.7. The number of hydrogen-bond acceptors (Lipinski definition) is 2. The number of fused-ring (bicyclic) bond motifs is 1. The molecule has 2 aliphatic rings. The summed E-state index contributed by atoms with van der Waals surface area (Å²) in [6, 6.07) is 0. The Morgan fingerprint density at radius 2 is 2.21 bits per heavy atom. The molecule has 0 aromatic rings. The second-order valence-corrected chi connectivity index (χ2v) is 6.63. The number of allylic oxidation sites excluding steroid dienone is 1. The first-order chi connectivity index (χ1) is 8.92. The van der Waals surface area contributed by atoms with E-state index in [4.69, 9.17) is 4.74 Å². The standard InChI is InChI=1S/C17H26O2/c1-12-6-5-8-17(4)9-7-15(10-16(12)17)13(2)11-19-14(3)18/h15-16H,1-2,5-11H2,3-4H3/t15-,16+,17-/m0/s1. The topological polar surface area (TPSA) is 26.3 Å². The van der Waals surface area contributed by atoms with Crippen LogP contribution in [0.15, 0.2) is 24.3 Å². The molecular weight excluding hydrogens is 236 g/mol. The minimum atomic E-state index is -0.219. The summed E-state index contributed by atoms with van der Waals surface area (Å²) < 4.78 is 5.08. The monoisotopic (exact) mass is 262 g/mol. The first-order valence-corrected chi connectivity index (χ1v) is 7.41. The second kappa shape index (κ2) is 5.52. The third kappa shape index (κ3) is 3.10. The average molecular weight is 262 g/mol. The highest BCUT2D eigenvalue weighted by molar-refractivity contribution is 5.66. The molecule has 2 aliphatic carbocycles. The molecule has 0 aromatic heterocycles. The van der Waals surface area contributed by atoms with E-state index in [1.54, 1.807) is 0 Å². The summed E-state index contributed by atoms with van der Waals surface area (Å²) >= 11 is 0. The summed E-state index contributed by atoms with van der Waals surface area (Å²) in [5.41, 5.74) is 2.96. The zero-order valence-electron chi connectivity index (χ0n) is 12.3. The Hall–Kier alpha value is -1.05. The molecule has 0 aromatic carbocycles. The van der Waals surface area contributed by atoms with E-state index < -0.39 is 0 Å². The molecule has 0 saturated heterocycles. The molecule has 0 N–H and O–H groups in total. The highest BCUT2D eigenvalue weighted by Crippen LogP contribution is 2.54. The van der Waals surface area contributed by atoms with E-state index in [1.807, 2.05) is 0 Å². The third-order valence-electron chi connectivity index (χ3n) is 5.20. The van der Waals surface area contributed by atoms with Gasteiger partial charge in [0, 0.05) is 6.92 Å². The average Bonchev–Trinajstić information content (AvgIpc) is 2.35. The molecule has 106 valence electrons. The summed E-state index contributed by atoms with van der Waals surface area (Å²) in [5.74, 6) is 0.908. The minimum Gasteiger partial charge on any atom is -0.461 e. The highest BCUT2D eigenvalue weighted by atomic mass is 16.5. The van der Waals surface area contributed by atoms with Crippen LogP contribution >= 0.6 is 0 Å². The van der Waals surface area contributed by atoms with Crippen LogP contribution in [0.4, 0.5) is 0 Å². The molecular formula is C17H26O2. The molecule has 0 radical (unpaired) electrons. The molecule has 3 atom stereocenters. The van der Waals surface area contributed by atoms with Crippen LogP contribution < -0.4 is 0 Å². The van der Waals surface area contributed by atoms with Gasteiger partial charge in [0.1, 0.15) is 6.61 Å². The van der Waals surface area contributed by atoms with E-state index in [-0.39, 0.29) is 5.97 Å². The van der Waals surface area contributed by atoms with Gasteiger partial charge in [-0.3, -0.25) is 4.79 Å². The van der Waals surface area contributed by atoms with E-state index in [0.29, 0.717) is 23.9 Å². The van der Waals surface area contributed by atoms with Gasteiger partial charge in [-0.1, -0.05) is 25.7 Å². The summed E-state index contributed by atoms with van der Waals surface area (Å²) in [4.78, 5) is 10.9. The predicted molar refractivity (Wildman–Crippen MR) is 77.7 cm³/mol. The number of rotatable bonds is 3. The van der Waals surface area contributed by atoms with Gasteiger partial charge in [0.05, 0.1) is 0 Å². The van der Waals surface area contributed by atoms with Gasteiger partial charge in [-0.05, 0) is 61.3 Å². The highest BCUT2D eigenvalue weighted by Gasteiger charge is 2.43. The van der Waals surface area contributed by atoms with Gasteiger partial charge >= 0.3 is 5.97 Å². The van der Waals surface area contributed by atoms with Crippen LogP contribution in [0.25, 0.3) is 0 Å². The summed E-state index contributed by atoms with van der Waals surface area (Å²) in [6.07, 6.45) is 7.39. The van der Waals surface area contributed by atoms with Crippen LogP contribution in [0.2, 0.25) is 0 Å². The normalized spacial score (nSPS) is 34.5. The quantitative estimate of drug-likeness (QED) is 0.561. The smallest absolute Gasteiger partial charge is 0.302 e. The Morgan fingerprint density at radius 3 is 2.89 bits per heavy atom. The van der Waals surface area contributed by atoms with Crippen LogP contribution in [0.3, 0.4) is 0 Å². The number of ether oxygens (including phenoxy) is 1. The van der Waals surface area contributed by atoms with E-state index >= 15 is 0 Å². The Kier molecular flexibility index (Phi) is 4.17.